The molecule has 10 heteroatoms. The molecular formula is C19H22Cl2N4O3S. The van der Waals surface area contributed by atoms with Crippen LogP contribution < -0.4 is 5.32 Å². The van der Waals surface area contributed by atoms with Crippen molar-refractivity contribution in [1.82, 2.24) is 20.2 Å². The third kappa shape index (κ3) is 4.65. The van der Waals surface area contributed by atoms with E-state index >= 15 is 0 Å². The van der Waals surface area contributed by atoms with Crippen LogP contribution in [-0.4, -0.2) is 58.6 Å². The van der Waals surface area contributed by atoms with Crippen LogP contribution in [0.15, 0.2) is 24.5 Å². The number of amides is 2. The van der Waals surface area contributed by atoms with E-state index in [0.717, 1.165) is 5.69 Å². The molecule has 3 rings (SSSR count). The average Bonchev–Trinajstić information content (AvgIpc) is 3.20. The fourth-order valence-corrected chi connectivity index (χ4v) is 4.28. The lowest BCUT2D eigenvalue weighted by molar-refractivity contribution is -0.142. The Balaban J connectivity index is 1.93. The molecule has 2 atom stereocenters. The van der Waals surface area contributed by atoms with E-state index in [1.54, 1.807) is 35.1 Å². The van der Waals surface area contributed by atoms with Crippen molar-refractivity contribution < 1.29 is 14.3 Å². The monoisotopic (exact) mass is 456 g/mol. The fraction of sp³-hybridized carbons (Fsp3) is 0.421. The molecule has 2 amide bonds. The zero-order valence-electron chi connectivity index (χ0n) is 16.1. The van der Waals surface area contributed by atoms with Gasteiger partial charge in [0.15, 0.2) is 0 Å². The van der Waals surface area contributed by atoms with Gasteiger partial charge < -0.3 is 19.9 Å². The van der Waals surface area contributed by atoms with Gasteiger partial charge in [-0.05, 0) is 24.5 Å². The molecule has 156 valence electrons. The first kappa shape index (κ1) is 21.8. The van der Waals surface area contributed by atoms with Crippen molar-refractivity contribution in [2.75, 3.05) is 25.7 Å². The lowest BCUT2D eigenvalue weighted by Gasteiger charge is -2.36. The SMILES string of the molecule is COC(=O)[C@H](CCSC)NC(=O)N1CCc2[nH]cnc2[C@H]1c1cccc(Cl)c1Cl. The average molecular weight is 457 g/mol. The zero-order valence-corrected chi connectivity index (χ0v) is 18.4. The summed E-state index contributed by atoms with van der Waals surface area (Å²) < 4.78 is 4.85. The van der Waals surface area contributed by atoms with Crippen molar-refractivity contribution >= 4 is 47.0 Å². The van der Waals surface area contributed by atoms with Crippen molar-refractivity contribution in [2.24, 2.45) is 0 Å². The van der Waals surface area contributed by atoms with Crippen LogP contribution in [0.5, 0.6) is 0 Å². The quantitative estimate of drug-likeness (QED) is 0.647. The van der Waals surface area contributed by atoms with E-state index in [2.05, 4.69) is 15.3 Å². The highest BCUT2D eigenvalue weighted by atomic mass is 35.5. The van der Waals surface area contributed by atoms with Gasteiger partial charge in [-0.25, -0.2) is 14.6 Å². The number of urea groups is 1. The van der Waals surface area contributed by atoms with E-state index in [4.69, 9.17) is 27.9 Å². The number of fused-ring (bicyclic) bond motifs is 1. The second-order valence-corrected chi connectivity index (χ2v) is 8.33. The Hall–Kier alpha value is -1.90. The second kappa shape index (κ2) is 9.73. The molecule has 1 aliphatic rings. The lowest BCUT2D eigenvalue weighted by atomic mass is 9.96. The van der Waals surface area contributed by atoms with E-state index in [1.165, 1.54) is 7.11 Å². The molecule has 0 spiro atoms. The molecule has 0 bridgehead atoms. The number of imidazole rings is 1. The number of carbonyl (C=O) groups excluding carboxylic acids is 2. The minimum absolute atomic E-state index is 0.375. The first-order valence-electron chi connectivity index (χ1n) is 9.07. The van der Waals surface area contributed by atoms with Gasteiger partial charge in [0.1, 0.15) is 12.1 Å². The van der Waals surface area contributed by atoms with Gasteiger partial charge in [-0.3, -0.25) is 0 Å². The van der Waals surface area contributed by atoms with Gasteiger partial charge in [-0.2, -0.15) is 11.8 Å². The summed E-state index contributed by atoms with van der Waals surface area (Å²) in [4.78, 5) is 34.5. The van der Waals surface area contributed by atoms with Crippen LogP contribution in [0.4, 0.5) is 4.79 Å². The number of esters is 1. The van der Waals surface area contributed by atoms with E-state index in [0.29, 0.717) is 46.4 Å². The van der Waals surface area contributed by atoms with Crippen molar-refractivity contribution in [3.8, 4) is 0 Å². The molecule has 2 heterocycles. The first-order valence-corrected chi connectivity index (χ1v) is 11.2. The van der Waals surface area contributed by atoms with Crippen molar-refractivity contribution in [3.63, 3.8) is 0 Å². The highest BCUT2D eigenvalue weighted by Crippen LogP contribution is 2.39. The fourth-order valence-electron chi connectivity index (χ4n) is 3.40. The molecule has 1 aliphatic heterocycles. The third-order valence-electron chi connectivity index (χ3n) is 4.86. The number of methoxy groups -OCH3 is 1. The molecule has 29 heavy (non-hydrogen) atoms. The highest BCUT2D eigenvalue weighted by Gasteiger charge is 2.37. The number of halogens is 2. The smallest absolute Gasteiger partial charge is 0.328 e. The second-order valence-electron chi connectivity index (χ2n) is 6.56. The summed E-state index contributed by atoms with van der Waals surface area (Å²) in [6.07, 6.45) is 4.64. The molecule has 0 saturated heterocycles. The van der Waals surface area contributed by atoms with E-state index in [9.17, 15) is 9.59 Å². The van der Waals surface area contributed by atoms with Crippen molar-refractivity contribution in [2.45, 2.75) is 24.9 Å². The Morgan fingerprint density at radius 1 is 1.45 bits per heavy atom. The minimum atomic E-state index is -0.726. The van der Waals surface area contributed by atoms with Gasteiger partial charge in [-0.15, -0.1) is 0 Å². The van der Waals surface area contributed by atoms with Crippen molar-refractivity contribution in [3.05, 3.63) is 51.5 Å². The molecule has 1 aromatic heterocycles. The topological polar surface area (TPSA) is 87.3 Å². The molecule has 0 radical (unpaired) electrons. The Morgan fingerprint density at radius 3 is 2.97 bits per heavy atom. The Morgan fingerprint density at radius 2 is 2.24 bits per heavy atom. The first-order chi connectivity index (χ1) is 14.0. The number of nitrogens with one attached hydrogen (secondary N) is 2. The number of hydrogen-bond donors (Lipinski definition) is 2. The maximum absolute atomic E-state index is 13.2. The molecule has 0 aliphatic carbocycles. The molecule has 1 aromatic carbocycles. The number of aromatic amines is 1. The number of thioether (sulfide) groups is 1. The summed E-state index contributed by atoms with van der Waals surface area (Å²) in [7, 11) is 1.31. The highest BCUT2D eigenvalue weighted by molar-refractivity contribution is 7.98. The van der Waals surface area contributed by atoms with Crippen LogP contribution in [0.1, 0.15) is 29.4 Å². The van der Waals surface area contributed by atoms with Crippen LogP contribution in [0.2, 0.25) is 10.0 Å². The van der Waals surface area contributed by atoms with Gasteiger partial charge in [0.05, 0.1) is 29.2 Å². The van der Waals surface area contributed by atoms with Crippen molar-refractivity contribution in [1.29, 1.82) is 0 Å². The maximum Gasteiger partial charge on any atom is 0.328 e. The number of benzene rings is 1. The van der Waals surface area contributed by atoms with Gasteiger partial charge in [0.25, 0.3) is 0 Å². The summed E-state index contributed by atoms with van der Waals surface area (Å²) in [5.41, 5.74) is 2.34. The van der Waals surface area contributed by atoms with E-state index in [-0.39, 0.29) is 6.03 Å². The molecule has 2 aromatic rings. The number of nitrogens with zero attached hydrogens (tertiary/aromatic N) is 2. The van der Waals surface area contributed by atoms with Crippen LogP contribution in [-0.2, 0) is 16.0 Å². The molecule has 0 saturated carbocycles. The molecule has 7 nitrogen and oxygen atoms in total. The molecular weight excluding hydrogens is 435 g/mol. The maximum atomic E-state index is 13.2. The Labute approximate surface area is 183 Å². The van der Waals surface area contributed by atoms with Gasteiger partial charge >= 0.3 is 12.0 Å². The van der Waals surface area contributed by atoms with Crippen LogP contribution >= 0.6 is 35.0 Å². The standard InChI is InChI=1S/C19H22Cl2N4O3S/c1-28-18(26)14(7-9-29-2)24-19(27)25-8-6-13-16(23-10-22-13)17(25)11-4-3-5-12(20)15(11)21/h3-5,10,14,17H,6-9H2,1-2H3,(H,22,23)(H,24,27)/t14-,17+/m0/s1. The number of hydrogen-bond acceptors (Lipinski definition) is 5. The van der Waals surface area contributed by atoms with Crippen LogP contribution in [0.3, 0.4) is 0 Å². The summed E-state index contributed by atoms with van der Waals surface area (Å²) >= 11 is 14.3. The van der Waals surface area contributed by atoms with E-state index < -0.39 is 18.1 Å². The molecule has 0 fully saturated rings. The lowest BCUT2D eigenvalue weighted by Crippen LogP contribution is -2.51. The number of carbonyl (C=O) groups is 2. The Kier molecular flexibility index (Phi) is 7.32. The van der Waals surface area contributed by atoms with Crippen LogP contribution in [0, 0.1) is 0 Å². The summed E-state index contributed by atoms with van der Waals surface area (Å²) in [6.45, 7) is 0.435. The van der Waals surface area contributed by atoms with Gasteiger partial charge in [0, 0.05) is 24.2 Å². The normalized spacial score (nSPS) is 16.8. The number of aromatic nitrogens is 2. The zero-order chi connectivity index (χ0) is 21.0. The van der Waals surface area contributed by atoms with Gasteiger partial charge in [-0.1, -0.05) is 35.3 Å². The summed E-state index contributed by atoms with van der Waals surface area (Å²) in [5, 5.41) is 3.59. The van der Waals surface area contributed by atoms with E-state index in [1.807, 2.05) is 12.3 Å². The Bertz CT molecular complexity index is 892. The minimum Gasteiger partial charge on any atom is -0.467 e. The molecule has 2 N–H and O–H groups in total. The van der Waals surface area contributed by atoms with Gasteiger partial charge in [0.2, 0.25) is 0 Å². The van der Waals surface area contributed by atoms with Crippen LogP contribution in [0.25, 0.3) is 0 Å². The summed E-state index contributed by atoms with van der Waals surface area (Å²) in [6, 6.07) is 3.69. The largest absolute Gasteiger partial charge is 0.467 e. The predicted octanol–water partition coefficient (Wildman–Crippen LogP) is 3.67. The third-order valence-corrected chi connectivity index (χ3v) is 6.33. The molecule has 0 unspecified atom stereocenters. The summed E-state index contributed by atoms with van der Waals surface area (Å²) in [5.74, 6) is 0.245. The number of ether oxygens (including phenoxy) is 1. The predicted molar refractivity (Wildman–Crippen MR) is 115 cm³/mol. The number of H-pyrrole nitrogens is 1. The number of rotatable bonds is 6.